The molecule has 0 fully saturated rings. The lowest BCUT2D eigenvalue weighted by molar-refractivity contribution is 0.0484. The molecule has 0 saturated heterocycles. The highest BCUT2D eigenvalue weighted by molar-refractivity contribution is 6.05. The van der Waals surface area contributed by atoms with Gasteiger partial charge in [0.15, 0.2) is 0 Å². The van der Waals surface area contributed by atoms with E-state index in [1.165, 1.54) is 0 Å². The van der Waals surface area contributed by atoms with Gasteiger partial charge in [0.25, 0.3) is 0 Å². The van der Waals surface area contributed by atoms with Crippen molar-refractivity contribution >= 4 is 33.7 Å². The van der Waals surface area contributed by atoms with Crippen molar-refractivity contribution in [3.05, 3.63) is 47.8 Å². The summed E-state index contributed by atoms with van der Waals surface area (Å²) in [6.45, 7) is 4.81. The zero-order valence-electron chi connectivity index (χ0n) is 16.2. The van der Waals surface area contributed by atoms with E-state index in [0.29, 0.717) is 24.2 Å². The maximum absolute atomic E-state index is 12.2. The van der Waals surface area contributed by atoms with Crippen LogP contribution in [0.15, 0.2) is 36.4 Å². The molecule has 0 aliphatic carbocycles. The van der Waals surface area contributed by atoms with Crippen LogP contribution in [0.3, 0.4) is 0 Å². The van der Waals surface area contributed by atoms with Crippen LogP contribution >= 0.6 is 0 Å². The van der Waals surface area contributed by atoms with Crippen molar-refractivity contribution in [2.45, 2.75) is 39.5 Å². The maximum Gasteiger partial charge on any atom is 0.356 e. The van der Waals surface area contributed by atoms with Crippen molar-refractivity contribution in [3.8, 4) is 0 Å². The number of carbonyl (C=O) groups is 2. The fourth-order valence-corrected chi connectivity index (χ4v) is 2.76. The number of esters is 2. The summed E-state index contributed by atoms with van der Waals surface area (Å²) in [5.41, 5.74) is 1.58. The highest BCUT2D eigenvalue weighted by Gasteiger charge is 2.14. The minimum absolute atomic E-state index is 0.230. The molecule has 0 saturated carbocycles. The Hall–Kier alpha value is -3.02. The molecular formula is C22H24N2O4. The van der Waals surface area contributed by atoms with E-state index in [4.69, 9.17) is 9.47 Å². The van der Waals surface area contributed by atoms with Crippen LogP contribution in [-0.2, 0) is 9.47 Å². The monoisotopic (exact) mass is 380 g/mol. The highest BCUT2D eigenvalue weighted by atomic mass is 16.5. The quantitative estimate of drug-likeness (QED) is 0.320. The lowest BCUT2D eigenvalue weighted by atomic mass is 10.1. The first-order chi connectivity index (χ1) is 13.6. The molecule has 28 heavy (non-hydrogen) atoms. The molecule has 1 aromatic carbocycles. The first kappa shape index (κ1) is 19.7. The van der Waals surface area contributed by atoms with E-state index in [1.54, 1.807) is 12.1 Å². The highest BCUT2D eigenvalue weighted by Crippen LogP contribution is 2.23. The fraction of sp³-hybridized carbons (Fsp3) is 0.364. The summed E-state index contributed by atoms with van der Waals surface area (Å²) in [5.74, 6) is -0.912. The standard InChI is InChI=1S/C22H24N2O4/c1-3-5-13-27-21(25)17-11-9-15-7-8-16-10-12-18(22(26)28-14-6-4-2)24-20(16)19(15)23-17/h7-12H,3-6,13-14H2,1-2H3. The van der Waals surface area contributed by atoms with Crippen molar-refractivity contribution in [1.29, 1.82) is 0 Å². The van der Waals surface area contributed by atoms with Gasteiger partial charge < -0.3 is 9.47 Å². The Balaban J connectivity index is 1.96. The summed E-state index contributed by atoms with van der Waals surface area (Å²) < 4.78 is 10.5. The Labute approximate surface area is 163 Å². The third-order valence-corrected chi connectivity index (χ3v) is 4.40. The summed E-state index contributed by atoms with van der Waals surface area (Å²) in [5, 5.41) is 1.67. The Morgan fingerprint density at radius 2 is 1.11 bits per heavy atom. The summed E-state index contributed by atoms with van der Waals surface area (Å²) in [6, 6.07) is 10.7. The second-order valence-electron chi connectivity index (χ2n) is 6.58. The van der Waals surface area contributed by atoms with Crippen LogP contribution in [0, 0.1) is 0 Å². The van der Waals surface area contributed by atoms with E-state index in [-0.39, 0.29) is 11.4 Å². The van der Waals surface area contributed by atoms with E-state index >= 15 is 0 Å². The molecule has 0 aliphatic rings. The predicted molar refractivity (Wildman–Crippen MR) is 107 cm³/mol. The molecule has 2 aromatic heterocycles. The van der Waals surface area contributed by atoms with Gasteiger partial charge in [-0.3, -0.25) is 0 Å². The molecule has 0 bridgehead atoms. The number of aromatic nitrogens is 2. The molecule has 0 radical (unpaired) electrons. The van der Waals surface area contributed by atoms with E-state index in [1.807, 2.05) is 38.1 Å². The predicted octanol–water partition coefficient (Wildman–Crippen LogP) is 4.70. The minimum atomic E-state index is -0.456. The molecule has 3 aromatic rings. The number of benzene rings is 1. The molecule has 0 unspecified atom stereocenters. The van der Waals surface area contributed by atoms with Crippen LogP contribution in [0.1, 0.15) is 60.5 Å². The Kier molecular flexibility index (Phi) is 6.53. The van der Waals surface area contributed by atoms with Gasteiger partial charge in [0.1, 0.15) is 11.4 Å². The zero-order chi connectivity index (χ0) is 19.9. The summed E-state index contributed by atoms with van der Waals surface area (Å²) >= 11 is 0. The van der Waals surface area contributed by atoms with Crippen LogP contribution in [0.5, 0.6) is 0 Å². The number of hydrogen-bond donors (Lipinski definition) is 0. The van der Waals surface area contributed by atoms with E-state index in [2.05, 4.69) is 9.97 Å². The summed E-state index contributed by atoms with van der Waals surface area (Å²) in [4.78, 5) is 33.4. The first-order valence-electron chi connectivity index (χ1n) is 9.68. The number of pyridine rings is 2. The minimum Gasteiger partial charge on any atom is -0.461 e. The molecule has 6 heteroatoms. The van der Waals surface area contributed by atoms with Crippen LogP contribution < -0.4 is 0 Å². The molecule has 0 spiro atoms. The second-order valence-corrected chi connectivity index (χ2v) is 6.58. The molecule has 0 N–H and O–H groups in total. The van der Waals surface area contributed by atoms with Crippen molar-refractivity contribution in [2.75, 3.05) is 13.2 Å². The lowest BCUT2D eigenvalue weighted by Crippen LogP contribution is -2.09. The number of nitrogens with zero attached hydrogens (tertiary/aromatic N) is 2. The molecule has 6 nitrogen and oxygen atoms in total. The average Bonchev–Trinajstić information content (AvgIpc) is 2.73. The van der Waals surface area contributed by atoms with Gasteiger partial charge in [-0.05, 0) is 25.0 Å². The van der Waals surface area contributed by atoms with Crippen LogP contribution in [0.25, 0.3) is 21.8 Å². The average molecular weight is 380 g/mol. The van der Waals surface area contributed by atoms with Crippen molar-refractivity contribution in [2.24, 2.45) is 0 Å². The van der Waals surface area contributed by atoms with E-state index in [9.17, 15) is 9.59 Å². The molecule has 0 aliphatic heterocycles. The van der Waals surface area contributed by atoms with Crippen molar-refractivity contribution in [3.63, 3.8) is 0 Å². The van der Waals surface area contributed by atoms with Gasteiger partial charge in [0.2, 0.25) is 0 Å². The van der Waals surface area contributed by atoms with Crippen LogP contribution in [-0.4, -0.2) is 35.1 Å². The molecule has 0 atom stereocenters. The van der Waals surface area contributed by atoms with E-state index in [0.717, 1.165) is 36.5 Å². The Bertz CT molecular complexity index is 920. The molecule has 2 heterocycles. The third-order valence-electron chi connectivity index (χ3n) is 4.40. The van der Waals surface area contributed by atoms with Crippen LogP contribution in [0.4, 0.5) is 0 Å². The third kappa shape index (κ3) is 4.44. The topological polar surface area (TPSA) is 78.4 Å². The largest absolute Gasteiger partial charge is 0.461 e. The molecule has 3 rings (SSSR count). The second kappa shape index (κ2) is 9.26. The fourth-order valence-electron chi connectivity index (χ4n) is 2.76. The Morgan fingerprint density at radius 3 is 1.50 bits per heavy atom. The Morgan fingerprint density at radius 1 is 0.714 bits per heavy atom. The van der Waals surface area contributed by atoms with Gasteiger partial charge in [0, 0.05) is 10.8 Å². The normalized spacial score (nSPS) is 10.9. The van der Waals surface area contributed by atoms with Gasteiger partial charge in [-0.25, -0.2) is 19.6 Å². The number of rotatable bonds is 8. The number of ether oxygens (including phenoxy) is 2. The number of hydrogen-bond acceptors (Lipinski definition) is 6. The number of fused-ring (bicyclic) bond motifs is 3. The zero-order valence-corrected chi connectivity index (χ0v) is 16.2. The lowest BCUT2D eigenvalue weighted by Gasteiger charge is -2.08. The summed E-state index contributed by atoms with van der Waals surface area (Å²) in [7, 11) is 0. The number of carbonyl (C=O) groups excluding carboxylic acids is 2. The maximum atomic E-state index is 12.2. The van der Waals surface area contributed by atoms with Gasteiger partial charge in [-0.15, -0.1) is 0 Å². The smallest absolute Gasteiger partial charge is 0.356 e. The van der Waals surface area contributed by atoms with Gasteiger partial charge in [-0.1, -0.05) is 51.0 Å². The summed E-state index contributed by atoms with van der Waals surface area (Å²) in [6.07, 6.45) is 3.52. The van der Waals surface area contributed by atoms with Crippen molar-refractivity contribution in [1.82, 2.24) is 9.97 Å². The molecule has 0 amide bonds. The molecular weight excluding hydrogens is 356 g/mol. The van der Waals surface area contributed by atoms with Gasteiger partial charge in [0.05, 0.1) is 24.2 Å². The van der Waals surface area contributed by atoms with Crippen molar-refractivity contribution < 1.29 is 19.1 Å². The van der Waals surface area contributed by atoms with Gasteiger partial charge >= 0.3 is 11.9 Å². The van der Waals surface area contributed by atoms with Gasteiger partial charge in [-0.2, -0.15) is 0 Å². The van der Waals surface area contributed by atoms with Crippen LogP contribution in [0.2, 0.25) is 0 Å². The van der Waals surface area contributed by atoms with E-state index < -0.39 is 11.9 Å². The first-order valence-corrected chi connectivity index (χ1v) is 9.68. The SMILES string of the molecule is CCCCOC(=O)c1ccc2ccc3ccc(C(=O)OCCCC)nc3c2n1. The molecule has 146 valence electrons. The number of unbranched alkanes of at least 4 members (excludes halogenated alkanes) is 2.